The van der Waals surface area contributed by atoms with Gasteiger partial charge < -0.3 is 21.5 Å². The maximum absolute atomic E-state index is 3.52. The highest BCUT2D eigenvalue weighted by Crippen LogP contribution is 2.13. The van der Waals surface area contributed by atoms with Gasteiger partial charge >= 0.3 is 0 Å². The summed E-state index contributed by atoms with van der Waals surface area (Å²) in [5, 5.41) is 1.16. The zero-order valence-corrected chi connectivity index (χ0v) is 19.4. The fraction of sp³-hybridized carbons (Fsp3) is 1.00. The second-order valence-electron chi connectivity index (χ2n) is 7.67. The van der Waals surface area contributed by atoms with Gasteiger partial charge in [0.1, 0.15) is 0 Å². The molecule has 0 rings (SSSR count). The van der Waals surface area contributed by atoms with Crippen LogP contribution in [0, 0.1) is 0 Å². The molecule has 0 aliphatic carbocycles. The smallest absolute Gasteiger partial charge is 0.0782 e. The Kier molecular flexibility index (Phi) is 21.9. The minimum Gasteiger partial charge on any atom is -1.00 e. The summed E-state index contributed by atoms with van der Waals surface area (Å²) in [7, 11) is 4.79. The molecule has 0 unspecified atom stereocenters. The van der Waals surface area contributed by atoms with Crippen LogP contribution in [0.3, 0.4) is 0 Å². The van der Waals surface area contributed by atoms with Crippen molar-refractivity contribution >= 4 is 15.9 Å². The molecule has 1 nitrogen and oxygen atoms in total. The van der Waals surface area contributed by atoms with Crippen molar-refractivity contribution in [2.45, 2.75) is 96.8 Å². The maximum atomic E-state index is 3.52. The van der Waals surface area contributed by atoms with Gasteiger partial charge in [0.05, 0.1) is 27.2 Å². The van der Waals surface area contributed by atoms with Crippen molar-refractivity contribution in [3.8, 4) is 0 Å². The molecule has 0 bridgehead atoms. The quantitative estimate of drug-likeness (QED) is 0.176. The van der Waals surface area contributed by atoms with Crippen molar-refractivity contribution in [3.05, 3.63) is 0 Å². The molecule has 0 radical (unpaired) electrons. The second-order valence-corrected chi connectivity index (χ2v) is 8.46. The minimum absolute atomic E-state index is 0. The molecule has 0 aromatic rings. The van der Waals surface area contributed by atoms with Crippen LogP contribution in [0.15, 0.2) is 0 Å². The summed E-state index contributed by atoms with van der Waals surface area (Å²) in [6, 6.07) is 0. The molecular formula is C20H43Br2N. The van der Waals surface area contributed by atoms with E-state index in [1.54, 1.807) is 0 Å². The highest BCUT2D eigenvalue weighted by molar-refractivity contribution is 9.09. The number of halogens is 2. The normalized spacial score (nSPS) is 11.5. The van der Waals surface area contributed by atoms with E-state index in [9.17, 15) is 0 Å². The zero-order valence-electron chi connectivity index (χ0n) is 16.2. The fourth-order valence-electron chi connectivity index (χ4n) is 3.13. The topological polar surface area (TPSA) is 0 Å². The molecule has 0 heterocycles. The number of hydrogen-bond acceptors (Lipinski definition) is 0. The van der Waals surface area contributed by atoms with E-state index >= 15 is 0 Å². The molecule has 0 fully saturated rings. The Balaban J connectivity index is 0. The Labute approximate surface area is 166 Å². The van der Waals surface area contributed by atoms with Gasteiger partial charge in [-0.2, -0.15) is 0 Å². The van der Waals surface area contributed by atoms with Crippen molar-refractivity contribution in [2.75, 3.05) is 32.5 Å². The first kappa shape index (κ1) is 26.2. The van der Waals surface area contributed by atoms with Crippen molar-refractivity contribution in [1.82, 2.24) is 0 Å². The molecule has 0 aromatic heterocycles. The molecule has 0 aliphatic heterocycles. The van der Waals surface area contributed by atoms with Gasteiger partial charge in [-0.05, 0) is 25.7 Å². The van der Waals surface area contributed by atoms with E-state index in [1.165, 1.54) is 107 Å². The van der Waals surface area contributed by atoms with Crippen molar-refractivity contribution in [1.29, 1.82) is 0 Å². The highest BCUT2D eigenvalue weighted by Gasteiger charge is 2.13. The predicted octanol–water partition coefficient (Wildman–Crippen LogP) is 3.94. The third kappa shape index (κ3) is 20.9. The number of hydrogen-bond donors (Lipinski definition) is 0. The molecule has 0 amide bonds. The Morgan fingerprint density at radius 3 is 1.30 bits per heavy atom. The molecule has 23 heavy (non-hydrogen) atoms. The first-order chi connectivity index (χ1) is 10.6. The second kappa shape index (κ2) is 19.2. The first-order valence-electron chi connectivity index (χ1n) is 10.0. The minimum atomic E-state index is 0. The number of quaternary nitrogens is 1. The summed E-state index contributed by atoms with van der Waals surface area (Å²) >= 11 is 3.52. The van der Waals surface area contributed by atoms with E-state index < -0.39 is 0 Å². The number of rotatable bonds is 17. The Morgan fingerprint density at radius 2 is 0.913 bits per heavy atom. The van der Waals surface area contributed by atoms with E-state index in [-0.39, 0.29) is 17.0 Å². The standard InChI is InChI=1S/C20H43BrN.BrH/c1-4-5-6-7-8-9-10-11-12-13-14-16-19-22(2,3)20-17-15-18-21;/h4-20H2,1-3H3;1H/q+1;/p-1. The van der Waals surface area contributed by atoms with Gasteiger partial charge in [-0.3, -0.25) is 0 Å². The monoisotopic (exact) mass is 455 g/mol. The Hall–Kier alpha value is 0.920. The summed E-state index contributed by atoms with van der Waals surface area (Å²) < 4.78 is 1.21. The lowest BCUT2D eigenvalue weighted by Gasteiger charge is -2.29. The van der Waals surface area contributed by atoms with Gasteiger partial charge in [-0.15, -0.1) is 0 Å². The lowest BCUT2D eigenvalue weighted by molar-refractivity contribution is -0.890. The van der Waals surface area contributed by atoms with Crippen molar-refractivity contribution in [2.24, 2.45) is 0 Å². The summed E-state index contributed by atoms with van der Waals surface area (Å²) in [6.45, 7) is 4.99. The number of unbranched alkanes of at least 4 members (excludes halogenated alkanes) is 12. The van der Waals surface area contributed by atoms with Crippen molar-refractivity contribution < 1.29 is 21.5 Å². The van der Waals surface area contributed by atoms with Gasteiger partial charge in [0.25, 0.3) is 0 Å². The van der Waals surface area contributed by atoms with Gasteiger partial charge in [-0.1, -0.05) is 87.1 Å². The third-order valence-electron chi connectivity index (χ3n) is 4.76. The maximum Gasteiger partial charge on any atom is 0.0782 e. The zero-order chi connectivity index (χ0) is 16.5. The molecular weight excluding hydrogens is 414 g/mol. The van der Waals surface area contributed by atoms with E-state index in [2.05, 4.69) is 36.9 Å². The molecule has 0 spiro atoms. The van der Waals surface area contributed by atoms with Crippen molar-refractivity contribution in [3.63, 3.8) is 0 Å². The lowest BCUT2D eigenvalue weighted by atomic mass is 10.1. The van der Waals surface area contributed by atoms with Crippen LogP contribution in [0.4, 0.5) is 0 Å². The predicted molar refractivity (Wildman–Crippen MR) is 106 cm³/mol. The van der Waals surface area contributed by atoms with Crippen LogP contribution in [0.25, 0.3) is 0 Å². The molecule has 3 heteroatoms. The van der Waals surface area contributed by atoms with E-state index in [0.29, 0.717) is 0 Å². The largest absolute Gasteiger partial charge is 1.00 e. The van der Waals surface area contributed by atoms with Gasteiger partial charge in [-0.25, -0.2) is 0 Å². The molecule has 0 aromatic carbocycles. The van der Waals surface area contributed by atoms with Gasteiger partial charge in [0.2, 0.25) is 0 Å². The van der Waals surface area contributed by atoms with Gasteiger partial charge in [0, 0.05) is 5.33 Å². The fourth-order valence-corrected chi connectivity index (χ4v) is 3.52. The molecule has 142 valence electrons. The molecule has 0 saturated heterocycles. The summed E-state index contributed by atoms with van der Waals surface area (Å²) in [6.07, 6.45) is 20.1. The van der Waals surface area contributed by atoms with Crippen LogP contribution in [0.5, 0.6) is 0 Å². The summed E-state index contributed by atoms with van der Waals surface area (Å²) in [5.74, 6) is 0. The van der Waals surface area contributed by atoms with E-state index in [0.717, 1.165) is 5.33 Å². The summed E-state index contributed by atoms with van der Waals surface area (Å²) in [5.41, 5.74) is 0. The number of alkyl halides is 1. The SMILES string of the molecule is CCCCCCCCCCCCCC[N+](C)(C)CCCCBr.[Br-]. The summed E-state index contributed by atoms with van der Waals surface area (Å²) in [4.78, 5) is 0. The van der Waals surface area contributed by atoms with E-state index in [4.69, 9.17) is 0 Å². The van der Waals surface area contributed by atoms with E-state index in [1.807, 2.05) is 0 Å². The molecule has 0 atom stereocenters. The average Bonchev–Trinajstić information content (AvgIpc) is 2.48. The van der Waals surface area contributed by atoms with Crippen LogP contribution in [-0.4, -0.2) is 37.0 Å². The molecule has 0 saturated carbocycles. The third-order valence-corrected chi connectivity index (χ3v) is 5.32. The van der Waals surface area contributed by atoms with Crippen LogP contribution in [-0.2, 0) is 0 Å². The molecule has 0 aliphatic rings. The highest BCUT2D eigenvalue weighted by atomic mass is 79.9. The molecule has 0 N–H and O–H groups in total. The first-order valence-corrected chi connectivity index (χ1v) is 11.1. The van der Waals surface area contributed by atoms with Crippen LogP contribution in [0.1, 0.15) is 96.8 Å². The van der Waals surface area contributed by atoms with Gasteiger partial charge in [0.15, 0.2) is 0 Å². The average molecular weight is 457 g/mol. The van der Waals surface area contributed by atoms with Crippen LogP contribution in [0.2, 0.25) is 0 Å². The Morgan fingerprint density at radius 1 is 0.565 bits per heavy atom. The Bertz CT molecular complexity index is 220. The van der Waals surface area contributed by atoms with Crippen LogP contribution < -0.4 is 17.0 Å². The lowest BCUT2D eigenvalue weighted by Crippen LogP contribution is -3.00. The number of nitrogens with zero attached hydrogens (tertiary/aromatic N) is 1. The van der Waals surface area contributed by atoms with Crippen LogP contribution >= 0.6 is 15.9 Å².